The number of ether oxygens (including phenoxy) is 1. The largest absolute Gasteiger partial charge is 0.469 e. The molecule has 2 atom stereocenters. The molecule has 3 rings (SSSR count). The predicted octanol–water partition coefficient (Wildman–Crippen LogP) is 2.08. The SMILES string of the molecule is COC(=O)CCC1CN(Cc2ccccc2)CCC1N1CCN(C)CC1. The molecule has 26 heavy (non-hydrogen) atoms. The number of nitrogens with zero attached hydrogens (tertiary/aromatic N) is 3. The van der Waals surface area contributed by atoms with Crippen LogP contribution in [0.3, 0.4) is 0 Å². The lowest BCUT2D eigenvalue weighted by atomic mass is 9.86. The minimum Gasteiger partial charge on any atom is -0.469 e. The van der Waals surface area contributed by atoms with E-state index in [1.54, 1.807) is 0 Å². The van der Waals surface area contributed by atoms with Crippen molar-refractivity contribution in [2.24, 2.45) is 5.92 Å². The minimum absolute atomic E-state index is 0.0812. The molecule has 5 heteroatoms. The summed E-state index contributed by atoms with van der Waals surface area (Å²) < 4.78 is 4.89. The Balaban J connectivity index is 1.62. The normalized spacial score (nSPS) is 25.9. The lowest BCUT2D eigenvalue weighted by Crippen LogP contribution is -2.56. The summed E-state index contributed by atoms with van der Waals surface area (Å²) in [4.78, 5) is 19.3. The molecule has 2 saturated heterocycles. The van der Waals surface area contributed by atoms with Crippen molar-refractivity contribution in [2.75, 3.05) is 53.4 Å². The Bertz CT molecular complexity index is 558. The van der Waals surface area contributed by atoms with Gasteiger partial charge < -0.3 is 9.64 Å². The van der Waals surface area contributed by atoms with Gasteiger partial charge in [-0.15, -0.1) is 0 Å². The van der Waals surface area contributed by atoms with Crippen molar-refractivity contribution in [2.45, 2.75) is 31.8 Å². The van der Waals surface area contributed by atoms with Gasteiger partial charge in [0.15, 0.2) is 0 Å². The van der Waals surface area contributed by atoms with Crippen LogP contribution in [-0.4, -0.2) is 80.1 Å². The second-order valence-corrected chi connectivity index (χ2v) is 7.79. The number of likely N-dealkylation sites (tertiary alicyclic amines) is 1. The van der Waals surface area contributed by atoms with Crippen LogP contribution < -0.4 is 0 Å². The van der Waals surface area contributed by atoms with Crippen LogP contribution >= 0.6 is 0 Å². The van der Waals surface area contributed by atoms with Gasteiger partial charge >= 0.3 is 5.97 Å². The van der Waals surface area contributed by atoms with E-state index in [0.717, 1.165) is 52.2 Å². The number of hydrogen-bond donors (Lipinski definition) is 0. The highest BCUT2D eigenvalue weighted by atomic mass is 16.5. The van der Waals surface area contributed by atoms with Gasteiger partial charge in [0.25, 0.3) is 0 Å². The number of carbonyl (C=O) groups excluding carboxylic acids is 1. The number of piperidine rings is 1. The zero-order valence-electron chi connectivity index (χ0n) is 16.3. The van der Waals surface area contributed by atoms with Crippen molar-refractivity contribution in [3.8, 4) is 0 Å². The third-order valence-electron chi connectivity index (χ3n) is 5.98. The molecule has 2 aliphatic rings. The van der Waals surface area contributed by atoms with Crippen molar-refractivity contribution in [3.63, 3.8) is 0 Å². The van der Waals surface area contributed by atoms with Crippen LogP contribution in [0.25, 0.3) is 0 Å². The first kappa shape index (κ1) is 19.3. The van der Waals surface area contributed by atoms with Gasteiger partial charge in [-0.3, -0.25) is 14.6 Å². The average molecular weight is 360 g/mol. The molecule has 0 N–H and O–H groups in total. The lowest BCUT2D eigenvalue weighted by Gasteiger charge is -2.46. The molecule has 0 amide bonds. The summed E-state index contributed by atoms with van der Waals surface area (Å²) in [5.41, 5.74) is 1.37. The van der Waals surface area contributed by atoms with E-state index in [0.29, 0.717) is 18.4 Å². The molecular weight excluding hydrogens is 326 g/mol. The van der Waals surface area contributed by atoms with E-state index in [2.05, 4.69) is 52.1 Å². The first-order chi connectivity index (χ1) is 12.7. The second-order valence-electron chi connectivity index (χ2n) is 7.79. The average Bonchev–Trinajstić information content (AvgIpc) is 2.68. The maximum absolute atomic E-state index is 11.7. The summed E-state index contributed by atoms with van der Waals surface area (Å²) in [7, 11) is 3.69. The minimum atomic E-state index is -0.0812. The Labute approximate surface area is 157 Å². The number of methoxy groups -OCH3 is 1. The molecule has 2 aliphatic heterocycles. The number of benzene rings is 1. The zero-order chi connectivity index (χ0) is 18.4. The molecule has 0 aromatic heterocycles. The van der Waals surface area contributed by atoms with Crippen LogP contribution in [0.2, 0.25) is 0 Å². The molecule has 5 nitrogen and oxygen atoms in total. The van der Waals surface area contributed by atoms with Crippen LogP contribution in [0.4, 0.5) is 0 Å². The monoisotopic (exact) mass is 359 g/mol. The molecule has 0 saturated carbocycles. The van der Waals surface area contributed by atoms with Crippen LogP contribution in [0, 0.1) is 5.92 Å². The maximum atomic E-state index is 11.7. The Hall–Kier alpha value is -1.43. The number of piperazine rings is 1. The summed E-state index contributed by atoms with van der Waals surface area (Å²) in [6.07, 6.45) is 2.65. The van der Waals surface area contributed by atoms with Crippen molar-refractivity contribution >= 4 is 5.97 Å². The van der Waals surface area contributed by atoms with Crippen molar-refractivity contribution < 1.29 is 9.53 Å². The van der Waals surface area contributed by atoms with Gasteiger partial charge in [-0.25, -0.2) is 0 Å². The van der Waals surface area contributed by atoms with E-state index in [1.807, 2.05) is 0 Å². The summed E-state index contributed by atoms with van der Waals surface area (Å²) in [5, 5.41) is 0. The van der Waals surface area contributed by atoms with E-state index in [-0.39, 0.29) is 5.97 Å². The fourth-order valence-electron chi connectivity index (χ4n) is 4.40. The molecule has 1 aromatic carbocycles. The standard InChI is InChI=1S/C21H33N3O2/c1-22-12-14-24(15-13-22)20-10-11-23(16-18-6-4-3-5-7-18)17-19(20)8-9-21(25)26-2/h3-7,19-20H,8-17H2,1-2H3. The molecule has 2 unspecified atom stereocenters. The highest BCUT2D eigenvalue weighted by Gasteiger charge is 2.34. The Kier molecular flexibility index (Phi) is 7.06. The van der Waals surface area contributed by atoms with Gasteiger partial charge in [0.1, 0.15) is 0 Å². The van der Waals surface area contributed by atoms with Crippen LogP contribution in [0.15, 0.2) is 30.3 Å². The molecule has 2 fully saturated rings. The quantitative estimate of drug-likeness (QED) is 0.727. The Morgan fingerprint density at radius 1 is 1.12 bits per heavy atom. The van der Waals surface area contributed by atoms with Gasteiger partial charge in [-0.1, -0.05) is 30.3 Å². The molecule has 1 aromatic rings. The van der Waals surface area contributed by atoms with Crippen LogP contribution in [0.1, 0.15) is 24.8 Å². The first-order valence-electron chi connectivity index (χ1n) is 9.91. The fourth-order valence-corrected chi connectivity index (χ4v) is 4.40. The van der Waals surface area contributed by atoms with Crippen LogP contribution in [-0.2, 0) is 16.1 Å². The third-order valence-corrected chi connectivity index (χ3v) is 5.98. The number of esters is 1. The van der Waals surface area contributed by atoms with Crippen molar-refractivity contribution in [1.82, 2.24) is 14.7 Å². The summed E-state index contributed by atoms with van der Waals surface area (Å²) >= 11 is 0. The Morgan fingerprint density at radius 2 is 1.85 bits per heavy atom. The highest BCUT2D eigenvalue weighted by Crippen LogP contribution is 2.28. The number of rotatable bonds is 6. The van der Waals surface area contributed by atoms with E-state index >= 15 is 0 Å². The highest BCUT2D eigenvalue weighted by molar-refractivity contribution is 5.69. The number of carbonyl (C=O) groups is 1. The smallest absolute Gasteiger partial charge is 0.305 e. The van der Waals surface area contributed by atoms with Gasteiger partial charge in [-0.2, -0.15) is 0 Å². The van der Waals surface area contributed by atoms with Gasteiger partial charge in [0.05, 0.1) is 7.11 Å². The maximum Gasteiger partial charge on any atom is 0.305 e. The van der Waals surface area contributed by atoms with E-state index in [4.69, 9.17) is 4.74 Å². The topological polar surface area (TPSA) is 36.0 Å². The third kappa shape index (κ3) is 5.29. The summed E-state index contributed by atoms with van der Waals surface area (Å²) in [6, 6.07) is 11.3. The van der Waals surface area contributed by atoms with Crippen molar-refractivity contribution in [1.29, 1.82) is 0 Å². The zero-order valence-corrected chi connectivity index (χ0v) is 16.3. The van der Waals surface area contributed by atoms with E-state index in [9.17, 15) is 4.79 Å². The van der Waals surface area contributed by atoms with Gasteiger partial charge in [-0.05, 0) is 37.9 Å². The molecule has 2 heterocycles. The number of likely N-dealkylation sites (N-methyl/N-ethyl adjacent to an activating group) is 1. The first-order valence-corrected chi connectivity index (χ1v) is 9.91. The predicted molar refractivity (Wildman–Crippen MR) is 104 cm³/mol. The van der Waals surface area contributed by atoms with Gasteiger partial charge in [0.2, 0.25) is 0 Å². The summed E-state index contributed by atoms with van der Waals surface area (Å²) in [6.45, 7) is 7.81. The molecule has 144 valence electrons. The lowest BCUT2D eigenvalue weighted by molar-refractivity contribution is -0.141. The second kappa shape index (κ2) is 9.49. The summed E-state index contributed by atoms with van der Waals surface area (Å²) in [5.74, 6) is 0.456. The van der Waals surface area contributed by atoms with Crippen molar-refractivity contribution in [3.05, 3.63) is 35.9 Å². The van der Waals surface area contributed by atoms with Gasteiger partial charge in [0, 0.05) is 51.7 Å². The molecular formula is C21H33N3O2. The molecule has 0 aliphatic carbocycles. The molecule has 0 radical (unpaired) electrons. The molecule has 0 bridgehead atoms. The fraction of sp³-hybridized carbons (Fsp3) is 0.667. The molecule has 0 spiro atoms. The van der Waals surface area contributed by atoms with E-state index in [1.165, 1.54) is 19.1 Å². The van der Waals surface area contributed by atoms with Crippen LogP contribution in [0.5, 0.6) is 0 Å². The Morgan fingerprint density at radius 3 is 2.54 bits per heavy atom. The number of hydrogen-bond acceptors (Lipinski definition) is 5. The van der Waals surface area contributed by atoms with E-state index < -0.39 is 0 Å².